The minimum atomic E-state index is 0.385. The lowest BCUT2D eigenvalue weighted by Crippen LogP contribution is -2.34. The van der Waals surface area contributed by atoms with E-state index in [1.54, 1.807) is 0 Å². The van der Waals surface area contributed by atoms with Gasteiger partial charge in [-0.1, -0.05) is 26.0 Å². The molecule has 2 rings (SSSR count). The molecule has 0 amide bonds. The molecule has 1 aliphatic rings. The zero-order valence-corrected chi connectivity index (χ0v) is 10.9. The van der Waals surface area contributed by atoms with Gasteiger partial charge in [-0.15, -0.1) is 0 Å². The standard InChI is InChI=1S/C15H24N2/c1-11(2)12-6-8-14(9-7-12)17-15-5-3-4-13(16)10-15/h6-9,11,13,15,17H,3-5,10,16H2,1-2H3. The van der Waals surface area contributed by atoms with Crippen LogP contribution in [0.2, 0.25) is 0 Å². The lowest BCUT2D eigenvalue weighted by atomic mass is 9.91. The maximum atomic E-state index is 6.00. The van der Waals surface area contributed by atoms with Gasteiger partial charge in [-0.05, 0) is 49.3 Å². The number of nitrogens with one attached hydrogen (secondary N) is 1. The van der Waals surface area contributed by atoms with Crippen molar-refractivity contribution in [1.82, 2.24) is 0 Å². The Kier molecular flexibility index (Phi) is 4.06. The fourth-order valence-electron chi connectivity index (χ4n) is 2.56. The first-order valence-corrected chi connectivity index (χ1v) is 6.77. The highest BCUT2D eigenvalue weighted by Gasteiger charge is 2.18. The van der Waals surface area contributed by atoms with Gasteiger partial charge in [0.25, 0.3) is 0 Å². The molecule has 3 N–H and O–H groups in total. The van der Waals surface area contributed by atoms with Gasteiger partial charge in [0.1, 0.15) is 0 Å². The Balaban J connectivity index is 1.94. The third kappa shape index (κ3) is 3.47. The molecule has 0 spiro atoms. The highest BCUT2D eigenvalue weighted by Crippen LogP contribution is 2.22. The fourth-order valence-corrected chi connectivity index (χ4v) is 2.56. The smallest absolute Gasteiger partial charge is 0.0342 e. The van der Waals surface area contributed by atoms with E-state index < -0.39 is 0 Å². The molecule has 2 nitrogen and oxygen atoms in total. The largest absolute Gasteiger partial charge is 0.382 e. The second-order valence-electron chi connectivity index (χ2n) is 5.54. The summed E-state index contributed by atoms with van der Waals surface area (Å²) < 4.78 is 0. The van der Waals surface area contributed by atoms with Crippen molar-refractivity contribution in [2.75, 3.05) is 5.32 Å². The highest BCUT2D eigenvalue weighted by molar-refractivity contribution is 5.46. The van der Waals surface area contributed by atoms with E-state index in [9.17, 15) is 0 Å². The van der Waals surface area contributed by atoms with Crippen LogP contribution in [0.15, 0.2) is 24.3 Å². The molecule has 1 saturated carbocycles. The Hall–Kier alpha value is -1.02. The number of anilines is 1. The van der Waals surface area contributed by atoms with E-state index in [4.69, 9.17) is 5.73 Å². The van der Waals surface area contributed by atoms with Crippen LogP contribution in [0, 0.1) is 0 Å². The van der Waals surface area contributed by atoms with Crippen LogP contribution in [0.25, 0.3) is 0 Å². The molecule has 0 radical (unpaired) electrons. The predicted molar refractivity (Wildman–Crippen MR) is 74.4 cm³/mol. The van der Waals surface area contributed by atoms with Crippen molar-refractivity contribution in [1.29, 1.82) is 0 Å². The van der Waals surface area contributed by atoms with Crippen LogP contribution in [0.5, 0.6) is 0 Å². The van der Waals surface area contributed by atoms with E-state index in [0.29, 0.717) is 18.0 Å². The molecule has 2 heteroatoms. The molecule has 17 heavy (non-hydrogen) atoms. The SMILES string of the molecule is CC(C)c1ccc(NC2CCCC(N)C2)cc1. The van der Waals surface area contributed by atoms with Gasteiger partial charge in [-0.2, -0.15) is 0 Å². The number of benzene rings is 1. The number of hydrogen-bond donors (Lipinski definition) is 2. The summed E-state index contributed by atoms with van der Waals surface area (Å²) >= 11 is 0. The van der Waals surface area contributed by atoms with Crippen LogP contribution in [-0.2, 0) is 0 Å². The maximum Gasteiger partial charge on any atom is 0.0342 e. The number of nitrogens with two attached hydrogens (primary N) is 1. The first kappa shape index (κ1) is 12.4. The quantitative estimate of drug-likeness (QED) is 0.837. The first-order chi connectivity index (χ1) is 8.15. The van der Waals surface area contributed by atoms with Gasteiger partial charge in [-0.3, -0.25) is 0 Å². The normalized spacial score (nSPS) is 24.9. The van der Waals surface area contributed by atoms with Gasteiger partial charge < -0.3 is 11.1 Å². The lowest BCUT2D eigenvalue weighted by molar-refractivity contribution is 0.409. The van der Waals surface area contributed by atoms with Gasteiger partial charge >= 0.3 is 0 Å². The van der Waals surface area contributed by atoms with Crippen LogP contribution in [0.3, 0.4) is 0 Å². The molecule has 0 bridgehead atoms. The Morgan fingerprint density at radius 2 is 1.88 bits per heavy atom. The molecule has 1 aromatic rings. The van der Waals surface area contributed by atoms with Crippen LogP contribution >= 0.6 is 0 Å². The van der Waals surface area contributed by atoms with Crippen molar-refractivity contribution in [3.63, 3.8) is 0 Å². The topological polar surface area (TPSA) is 38.0 Å². The molecule has 1 fully saturated rings. The third-order valence-corrected chi connectivity index (χ3v) is 3.66. The van der Waals surface area contributed by atoms with Gasteiger partial charge in [0, 0.05) is 17.8 Å². The van der Waals surface area contributed by atoms with Gasteiger partial charge in [-0.25, -0.2) is 0 Å². The molecular weight excluding hydrogens is 208 g/mol. The third-order valence-electron chi connectivity index (χ3n) is 3.66. The molecule has 0 aliphatic heterocycles. The zero-order chi connectivity index (χ0) is 12.3. The van der Waals surface area contributed by atoms with Crippen LogP contribution < -0.4 is 11.1 Å². The monoisotopic (exact) mass is 232 g/mol. The van der Waals surface area contributed by atoms with E-state index >= 15 is 0 Å². The Bertz CT molecular complexity index is 342. The molecule has 0 saturated heterocycles. The minimum absolute atomic E-state index is 0.385. The summed E-state index contributed by atoms with van der Waals surface area (Å²) in [5.41, 5.74) is 8.63. The second kappa shape index (κ2) is 5.54. The summed E-state index contributed by atoms with van der Waals surface area (Å²) in [4.78, 5) is 0. The van der Waals surface area contributed by atoms with E-state index in [-0.39, 0.29) is 0 Å². The fraction of sp³-hybridized carbons (Fsp3) is 0.600. The van der Waals surface area contributed by atoms with Crippen molar-refractivity contribution in [3.05, 3.63) is 29.8 Å². The van der Waals surface area contributed by atoms with Crippen molar-refractivity contribution in [2.24, 2.45) is 5.73 Å². The van der Waals surface area contributed by atoms with Crippen LogP contribution in [0.4, 0.5) is 5.69 Å². The summed E-state index contributed by atoms with van der Waals surface area (Å²) in [6, 6.07) is 9.76. The molecule has 94 valence electrons. The molecule has 0 heterocycles. The van der Waals surface area contributed by atoms with Crippen LogP contribution in [0.1, 0.15) is 51.0 Å². The minimum Gasteiger partial charge on any atom is -0.382 e. The second-order valence-corrected chi connectivity index (χ2v) is 5.54. The van der Waals surface area contributed by atoms with Gasteiger partial charge in [0.05, 0.1) is 0 Å². The Morgan fingerprint density at radius 3 is 2.47 bits per heavy atom. The van der Waals surface area contributed by atoms with Crippen molar-refractivity contribution >= 4 is 5.69 Å². The summed E-state index contributed by atoms with van der Waals surface area (Å²) in [5.74, 6) is 0.604. The van der Waals surface area contributed by atoms with Crippen molar-refractivity contribution in [3.8, 4) is 0 Å². The predicted octanol–water partition coefficient (Wildman–Crippen LogP) is 3.49. The van der Waals surface area contributed by atoms with Crippen molar-refractivity contribution < 1.29 is 0 Å². The molecule has 2 unspecified atom stereocenters. The molecule has 0 aromatic heterocycles. The summed E-state index contributed by atoms with van der Waals surface area (Å²) in [7, 11) is 0. The van der Waals surface area contributed by atoms with Crippen molar-refractivity contribution in [2.45, 2.75) is 57.5 Å². The number of hydrogen-bond acceptors (Lipinski definition) is 2. The average Bonchev–Trinajstić information content (AvgIpc) is 2.29. The summed E-state index contributed by atoms with van der Waals surface area (Å²) in [6.45, 7) is 4.45. The average molecular weight is 232 g/mol. The molecule has 1 aliphatic carbocycles. The van der Waals surface area contributed by atoms with Gasteiger partial charge in [0.15, 0.2) is 0 Å². The van der Waals surface area contributed by atoms with Gasteiger partial charge in [0.2, 0.25) is 0 Å². The molecular formula is C15H24N2. The van der Waals surface area contributed by atoms with Crippen LogP contribution in [-0.4, -0.2) is 12.1 Å². The molecule has 1 aromatic carbocycles. The zero-order valence-electron chi connectivity index (χ0n) is 10.9. The first-order valence-electron chi connectivity index (χ1n) is 6.77. The highest BCUT2D eigenvalue weighted by atomic mass is 14.9. The van der Waals surface area contributed by atoms with E-state index in [1.165, 1.54) is 30.5 Å². The van der Waals surface area contributed by atoms with E-state index in [2.05, 4.69) is 43.4 Å². The number of rotatable bonds is 3. The lowest BCUT2D eigenvalue weighted by Gasteiger charge is -2.28. The molecule has 2 atom stereocenters. The Labute approximate surface area is 105 Å². The Morgan fingerprint density at radius 1 is 1.18 bits per heavy atom. The maximum absolute atomic E-state index is 6.00. The summed E-state index contributed by atoms with van der Waals surface area (Å²) in [6.07, 6.45) is 4.79. The summed E-state index contributed by atoms with van der Waals surface area (Å²) in [5, 5.41) is 3.60. The van der Waals surface area contributed by atoms with E-state index in [0.717, 1.165) is 6.42 Å². The van der Waals surface area contributed by atoms with E-state index in [1.807, 2.05) is 0 Å².